The summed E-state index contributed by atoms with van der Waals surface area (Å²) in [5.41, 5.74) is 1.20. The summed E-state index contributed by atoms with van der Waals surface area (Å²) < 4.78 is 1.20. The number of hydrogen-bond donors (Lipinski definition) is 1. The normalized spacial score (nSPS) is 15.9. The highest BCUT2D eigenvalue weighted by molar-refractivity contribution is 14.1. The van der Waals surface area contributed by atoms with Gasteiger partial charge in [0, 0.05) is 19.6 Å². The lowest BCUT2D eigenvalue weighted by Crippen LogP contribution is -2.27. The highest BCUT2D eigenvalue weighted by Crippen LogP contribution is 2.25. The van der Waals surface area contributed by atoms with Gasteiger partial charge in [0.2, 0.25) is 5.95 Å². The van der Waals surface area contributed by atoms with E-state index in [1.54, 1.807) is 0 Å². The van der Waals surface area contributed by atoms with Crippen LogP contribution in [0.2, 0.25) is 0 Å². The van der Waals surface area contributed by atoms with Crippen LogP contribution in [0, 0.1) is 3.57 Å². The molecule has 1 aromatic rings. The third-order valence-electron chi connectivity index (χ3n) is 3.83. The first-order chi connectivity index (χ1) is 10.3. The van der Waals surface area contributed by atoms with Crippen molar-refractivity contribution >= 4 is 34.4 Å². The molecule has 1 aliphatic heterocycles. The Bertz CT molecular complexity index is 442. The van der Waals surface area contributed by atoms with Gasteiger partial charge in [-0.2, -0.15) is 4.98 Å². The first-order valence-corrected chi connectivity index (χ1v) is 9.39. The van der Waals surface area contributed by atoms with E-state index in [2.05, 4.69) is 46.7 Å². The quantitative estimate of drug-likeness (QED) is 0.723. The number of halogens is 1. The molecule has 0 saturated carbocycles. The maximum Gasteiger partial charge on any atom is 0.227 e. The minimum Gasteiger partial charge on any atom is -0.369 e. The Morgan fingerprint density at radius 1 is 1.05 bits per heavy atom. The van der Waals surface area contributed by atoms with Crippen LogP contribution in [0.25, 0.3) is 0 Å². The van der Waals surface area contributed by atoms with E-state index in [4.69, 9.17) is 9.97 Å². The number of anilines is 2. The van der Waals surface area contributed by atoms with E-state index >= 15 is 0 Å². The van der Waals surface area contributed by atoms with E-state index in [9.17, 15) is 0 Å². The van der Waals surface area contributed by atoms with Crippen molar-refractivity contribution in [3.63, 3.8) is 0 Å². The lowest BCUT2D eigenvalue weighted by molar-refractivity contribution is 0.726. The Morgan fingerprint density at radius 2 is 1.76 bits per heavy atom. The smallest absolute Gasteiger partial charge is 0.227 e. The molecule has 0 aliphatic carbocycles. The predicted molar refractivity (Wildman–Crippen MR) is 98.2 cm³/mol. The Labute approximate surface area is 142 Å². The zero-order chi connectivity index (χ0) is 15.1. The van der Waals surface area contributed by atoms with Gasteiger partial charge in [-0.15, -0.1) is 0 Å². The molecule has 1 N–H and O–H groups in total. The molecule has 1 aliphatic rings. The molecule has 4 nitrogen and oxygen atoms in total. The Morgan fingerprint density at radius 3 is 2.38 bits per heavy atom. The SMILES string of the molecule is CCCNc1nc(N2CCCCCC2)nc(CCC)c1I. The third kappa shape index (κ3) is 4.69. The summed E-state index contributed by atoms with van der Waals surface area (Å²) in [5.74, 6) is 1.95. The average Bonchev–Trinajstić information content (AvgIpc) is 2.77. The Balaban J connectivity index is 2.27. The van der Waals surface area contributed by atoms with Gasteiger partial charge in [0.05, 0.1) is 9.26 Å². The summed E-state index contributed by atoms with van der Waals surface area (Å²) in [6.45, 7) is 7.56. The zero-order valence-corrected chi connectivity index (χ0v) is 15.4. The van der Waals surface area contributed by atoms with Gasteiger partial charge in [-0.3, -0.25) is 0 Å². The first kappa shape index (κ1) is 16.8. The van der Waals surface area contributed by atoms with Gasteiger partial charge < -0.3 is 10.2 Å². The summed E-state index contributed by atoms with van der Waals surface area (Å²) in [7, 11) is 0. The Kier molecular flexibility index (Phi) is 6.99. The van der Waals surface area contributed by atoms with Crippen LogP contribution < -0.4 is 10.2 Å². The van der Waals surface area contributed by atoms with Crippen molar-refractivity contribution in [3.05, 3.63) is 9.26 Å². The van der Waals surface area contributed by atoms with Gasteiger partial charge in [0.1, 0.15) is 5.82 Å². The number of nitrogens with zero attached hydrogens (tertiary/aromatic N) is 3. The van der Waals surface area contributed by atoms with E-state index in [-0.39, 0.29) is 0 Å². The number of aryl methyl sites for hydroxylation is 1. The standard InChI is InChI=1S/C16H27IN4/c1-3-9-13-14(17)15(18-10-4-2)20-16(19-13)21-11-7-5-6-8-12-21/h3-12H2,1-2H3,(H,18,19,20). The second-order valence-corrected chi connectivity index (χ2v) is 6.79. The first-order valence-electron chi connectivity index (χ1n) is 8.31. The molecular formula is C16H27IN4. The van der Waals surface area contributed by atoms with Crippen molar-refractivity contribution in [2.24, 2.45) is 0 Å². The summed E-state index contributed by atoms with van der Waals surface area (Å²) in [4.78, 5) is 12.1. The molecule has 0 spiro atoms. The predicted octanol–water partition coefficient (Wildman–Crippen LogP) is 4.24. The third-order valence-corrected chi connectivity index (χ3v) is 4.96. The molecule has 2 rings (SSSR count). The molecule has 0 bridgehead atoms. The number of aromatic nitrogens is 2. The zero-order valence-electron chi connectivity index (χ0n) is 13.3. The molecule has 0 amide bonds. The fraction of sp³-hybridized carbons (Fsp3) is 0.750. The van der Waals surface area contributed by atoms with Gasteiger partial charge in [0.25, 0.3) is 0 Å². The molecule has 21 heavy (non-hydrogen) atoms. The minimum absolute atomic E-state index is 0.930. The molecule has 0 aromatic carbocycles. The molecule has 1 aromatic heterocycles. The van der Waals surface area contributed by atoms with Gasteiger partial charge in [-0.05, 0) is 48.3 Å². The molecule has 2 heterocycles. The van der Waals surface area contributed by atoms with Crippen LogP contribution in [0.5, 0.6) is 0 Å². The summed E-state index contributed by atoms with van der Waals surface area (Å²) in [6.07, 6.45) is 8.46. The fourth-order valence-corrected chi connectivity index (χ4v) is 3.36. The second-order valence-electron chi connectivity index (χ2n) is 5.71. The largest absolute Gasteiger partial charge is 0.369 e. The topological polar surface area (TPSA) is 41.1 Å². The van der Waals surface area contributed by atoms with Gasteiger partial charge in [0.15, 0.2) is 0 Å². The summed E-state index contributed by atoms with van der Waals surface area (Å²) in [5, 5.41) is 3.47. The molecular weight excluding hydrogens is 375 g/mol. The van der Waals surface area contributed by atoms with Crippen molar-refractivity contribution < 1.29 is 0 Å². The molecule has 1 fully saturated rings. The van der Waals surface area contributed by atoms with E-state index in [1.807, 2.05) is 0 Å². The molecule has 1 saturated heterocycles. The molecule has 0 atom stereocenters. The second kappa shape index (κ2) is 8.76. The van der Waals surface area contributed by atoms with Crippen molar-refractivity contribution in [1.29, 1.82) is 0 Å². The van der Waals surface area contributed by atoms with Crippen LogP contribution in [0.15, 0.2) is 0 Å². The fourth-order valence-electron chi connectivity index (χ4n) is 2.66. The highest BCUT2D eigenvalue weighted by atomic mass is 127. The van der Waals surface area contributed by atoms with Crippen LogP contribution in [-0.2, 0) is 6.42 Å². The minimum atomic E-state index is 0.930. The monoisotopic (exact) mass is 402 g/mol. The average molecular weight is 402 g/mol. The number of nitrogens with one attached hydrogen (secondary N) is 1. The number of hydrogen-bond acceptors (Lipinski definition) is 4. The van der Waals surface area contributed by atoms with Gasteiger partial charge >= 0.3 is 0 Å². The molecule has 0 unspecified atom stereocenters. The molecule has 0 radical (unpaired) electrons. The van der Waals surface area contributed by atoms with Crippen LogP contribution >= 0.6 is 22.6 Å². The van der Waals surface area contributed by atoms with Crippen molar-refractivity contribution in [2.75, 3.05) is 29.9 Å². The Hall–Kier alpha value is -0.590. The number of rotatable bonds is 6. The van der Waals surface area contributed by atoms with Gasteiger partial charge in [-0.1, -0.05) is 33.1 Å². The van der Waals surface area contributed by atoms with Crippen LogP contribution in [-0.4, -0.2) is 29.6 Å². The molecule has 118 valence electrons. The summed E-state index contributed by atoms with van der Waals surface area (Å²) >= 11 is 2.39. The van der Waals surface area contributed by atoms with Crippen LogP contribution in [0.1, 0.15) is 58.1 Å². The highest BCUT2D eigenvalue weighted by Gasteiger charge is 2.17. The van der Waals surface area contributed by atoms with E-state index < -0.39 is 0 Å². The maximum absolute atomic E-state index is 4.86. The van der Waals surface area contributed by atoms with E-state index in [0.717, 1.165) is 50.7 Å². The van der Waals surface area contributed by atoms with Gasteiger partial charge in [-0.25, -0.2) is 4.98 Å². The van der Waals surface area contributed by atoms with Crippen molar-refractivity contribution in [3.8, 4) is 0 Å². The van der Waals surface area contributed by atoms with Crippen LogP contribution in [0.3, 0.4) is 0 Å². The van der Waals surface area contributed by atoms with E-state index in [0.29, 0.717) is 0 Å². The summed E-state index contributed by atoms with van der Waals surface area (Å²) in [6, 6.07) is 0. The lowest BCUT2D eigenvalue weighted by atomic mass is 10.2. The molecule has 5 heteroatoms. The maximum atomic E-state index is 4.86. The van der Waals surface area contributed by atoms with Crippen molar-refractivity contribution in [2.45, 2.75) is 58.8 Å². The van der Waals surface area contributed by atoms with E-state index in [1.165, 1.54) is 34.9 Å². The lowest BCUT2D eigenvalue weighted by Gasteiger charge is -2.22. The van der Waals surface area contributed by atoms with Crippen LogP contribution in [0.4, 0.5) is 11.8 Å². The van der Waals surface area contributed by atoms with Crippen molar-refractivity contribution in [1.82, 2.24) is 9.97 Å².